The van der Waals surface area contributed by atoms with Gasteiger partial charge in [-0.05, 0) is 81.0 Å². The second kappa shape index (κ2) is 10.4. The van der Waals surface area contributed by atoms with Gasteiger partial charge in [0.15, 0.2) is 0 Å². The van der Waals surface area contributed by atoms with Crippen molar-refractivity contribution in [1.29, 1.82) is 0 Å². The largest absolute Gasteiger partial charge is 0.0496 e. The summed E-state index contributed by atoms with van der Waals surface area (Å²) < 4.78 is 59.2. The predicted octanol–water partition coefficient (Wildman–Crippen LogP) is 8.54. The molecule has 0 aliphatic heterocycles. The Hall–Kier alpha value is 0.633. The zero-order valence-electron chi connectivity index (χ0n) is 15.6. The smallest absolute Gasteiger partial charge is 0 e. The second-order valence-corrected chi connectivity index (χ2v) is 7.95. The summed E-state index contributed by atoms with van der Waals surface area (Å²) in [6, 6.07) is 0. The summed E-state index contributed by atoms with van der Waals surface area (Å²) in [6.45, 7) is 11.0. The van der Waals surface area contributed by atoms with E-state index in [2.05, 4.69) is 66.7 Å². The van der Waals surface area contributed by atoms with E-state index < -0.39 is 7.81 Å². The molecule has 0 unspecified atom stereocenters. The average molecular weight is 490 g/mol. The van der Waals surface area contributed by atoms with Crippen molar-refractivity contribution in [3.8, 4) is 0 Å². The van der Waals surface area contributed by atoms with Gasteiger partial charge in [-0.15, -0.1) is 0 Å². The van der Waals surface area contributed by atoms with Gasteiger partial charge in [-0.2, -0.15) is 0 Å². The predicted molar refractivity (Wildman–Crippen MR) is 93.5 cm³/mol. The average Bonchev–Trinajstić information content (AvgIpc) is 2.53. The van der Waals surface area contributed by atoms with E-state index in [4.69, 9.17) is 0 Å². The molecule has 0 spiro atoms. The molecule has 0 nitrogen and oxygen atoms in total. The molecule has 2 fully saturated rings. The van der Waals surface area contributed by atoms with Gasteiger partial charge < -0.3 is 0 Å². The molecule has 11 radical (unpaired) electrons. The van der Waals surface area contributed by atoms with E-state index in [1.54, 1.807) is 0 Å². The van der Waals surface area contributed by atoms with E-state index in [0.29, 0.717) is 0 Å². The second-order valence-electron chi connectivity index (χ2n) is 6.03. The van der Waals surface area contributed by atoms with Gasteiger partial charge in [0.2, 0.25) is 0 Å². The summed E-state index contributed by atoms with van der Waals surface area (Å²) >= 11 is 0. The summed E-state index contributed by atoms with van der Waals surface area (Å²) in [5, 5.41) is 0. The van der Waals surface area contributed by atoms with Gasteiger partial charge in [0.05, 0.1) is 0 Å². The molecular formula is C18H26F6PRh-. The first-order valence-electron chi connectivity index (χ1n) is 7.90. The van der Waals surface area contributed by atoms with Gasteiger partial charge in [0, 0.05) is 19.5 Å². The standard InChI is InChI=1S/C10H15.C8H11.F6P.Rh/c1-6-7(2)9(4)10(5)8(6)3;1-2-4-6-8-7-5-3-1;1-7(2,3,4,5)6;/h1-5H3;1-3,6,8H,4-5,7H2;;/q;;-1;. The van der Waals surface area contributed by atoms with Gasteiger partial charge in [-0.1, -0.05) is 34.6 Å². The fraction of sp³-hybridized carbons (Fsp3) is 0.444. The summed E-state index contributed by atoms with van der Waals surface area (Å²) in [6.07, 6.45) is 14.5. The van der Waals surface area contributed by atoms with E-state index >= 15 is 0 Å². The van der Waals surface area contributed by atoms with Crippen molar-refractivity contribution in [1.82, 2.24) is 0 Å². The van der Waals surface area contributed by atoms with Crippen LogP contribution in [0, 0.1) is 61.7 Å². The maximum atomic E-state index is 9.87. The molecule has 26 heavy (non-hydrogen) atoms. The minimum absolute atomic E-state index is 0. The van der Waals surface area contributed by atoms with Crippen LogP contribution < -0.4 is 0 Å². The van der Waals surface area contributed by atoms with Crippen molar-refractivity contribution in [2.45, 2.75) is 53.9 Å². The molecule has 0 atom stereocenters. The van der Waals surface area contributed by atoms with Crippen LogP contribution in [0.2, 0.25) is 0 Å². The molecule has 0 amide bonds. The van der Waals surface area contributed by atoms with E-state index in [1.807, 2.05) is 0 Å². The van der Waals surface area contributed by atoms with Gasteiger partial charge in [-0.25, -0.2) is 0 Å². The molecule has 0 N–H and O–H groups in total. The van der Waals surface area contributed by atoms with E-state index in [-0.39, 0.29) is 19.5 Å². The molecule has 0 aromatic carbocycles. The normalized spacial score (nSPS) is 24.6. The Labute approximate surface area is 168 Å². The summed E-state index contributed by atoms with van der Waals surface area (Å²) in [7, 11) is -10.7. The maximum Gasteiger partial charge on any atom is 0 e. The van der Waals surface area contributed by atoms with Crippen LogP contribution in [0.15, 0.2) is 0 Å². The molecular weight excluding hydrogens is 464 g/mol. The summed E-state index contributed by atoms with van der Waals surface area (Å²) in [5.41, 5.74) is 0. The Morgan fingerprint density at radius 2 is 0.885 bits per heavy atom. The number of halogens is 6. The monoisotopic (exact) mass is 490 g/mol. The number of hydrogen-bond donors (Lipinski definition) is 0. The van der Waals surface area contributed by atoms with Crippen LogP contribution in [0.4, 0.5) is 25.2 Å². The van der Waals surface area contributed by atoms with Crippen LogP contribution in [0.3, 0.4) is 0 Å². The fourth-order valence-electron chi connectivity index (χ4n) is 2.16. The van der Waals surface area contributed by atoms with E-state index in [9.17, 15) is 25.2 Å². The number of rotatable bonds is 0. The third kappa shape index (κ3) is 16.8. The van der Waals surface area contributed by atoms with Crippen LogP contribution in [-0.4, -0.2) is 0 Å². The van der Waals surface area contributed by atoms with Crippen molar-refractivity contribution in [2.75, 3.05) is 0 Å². The Morgan fingerprint density at radius 1 is 0.577 bits per heavy atom. The molecule has 8 heteroatoms. The van der Waals surface area contributed by atoms with Gasteiger partial charge in [0.1, 0.15) is 0 Å². The topological polar surface area (TPSA) is 0 Å². The summed E-state index contributed by atoms with van der Waals surface area (Å²) in [4.78, 5) is 0. The van der Waals surface area contributed by atoms with E-state index in [0.717, 1.165) is 6.42 Å². The molecule has 2 aliphatic rings. The Bertz CT molecular complexity index is 303. The van der Waals surface area contributed by atoms with Crippen molar-refractivity contribution >= 4 is 7.81 Å². The SMILES string of the molecule is C[C]1[C](C)[C](C)[C](C)[C]1C.F[P-](F)(F)(F)(F)F.[CH]1[CH]C[CH][CH]CC[CH]1.[Rh]. The Morgan fingerprint density at radius 3 is 1.23 bits per heavy atom. The quantitative estimate of drug-likeness (QED) is 0.181. The van der Waals surface area contributed by atoms with Gasteiger partial charge >= 0.3 is 33.0 Å². The first kappa shape index (κ1) is 28.8. The zero-order chi connectivity index (χ0) is 20.0. The van der Waals surface area contributed by atoms with Crippen LogP contribution in [0.5, 0.6) is 0 Å². The van der Waals surface area contributed by atoms with Crippen molar-refractivity contribution in [2.24, 2.45) is 0 Å². The van der Waals surface area contributed by atoms with Crippen LogP contribution in [-0.2, 0) is 19.5 Å². The fourth-order valence-corrected chi connectivity index (χ4v) is 2.16. The summed E-state index contributed by atoms with van der Waals surface area (Å²) in [5.74, 6) is 7.34. The van der Waals surface area contributed by atoms with Gasteiger partial charge in [0.25, 0.3) is 0 Å². The van der Waals surface area contributed by atoms with E-state index in [1.165, 1.54) is 42.4 Å². The minimum Gasteiger partial charge on any atom is -0.0496 e. The number of hydrogen-bond acceptors (Lipinski definition) is 0. The molecule has 0 saturated heterocycles. The zero-order valence-corrected chi connectivity index (χ0v) is 18.1. The molecule has 2 aliphatic carbocycles. The maximum absolute atomic E-state index is 10.7. The van der Waals surface area contributed by atoms with Crippen molar-refractivity contribution in [3.63, 3.8) is 0 Å². The molecule has 155 valence electrons. The Kier molecular flexibility index (Phi) is 11.6. The molecule has 0 bridgehead atoms. The molecule has 0 heterocycles. The van der Waals surface area contributed by atoms with Crippen LogP contribution in [0.1, 0.15) is 53.9 Å². The van der Waals surface area contributed by atoms with Crippen LogP contribution in [0.25, 0.3) is 0 Å². The van der Waals surface area contributed by atoms with Crippen molar-refractivity contribution in [3.05, 3.63) is 61.7 Å². The van der Waals surface area contributed by atoms with Crippen LogP contribution >= 0.6 is 7.81 Å². The first-order chi connectivity index (χ1) is 11.0. The third-order valence-electron chi connectivity index (χ3n) is 4.02. The third-order valence-corrected chi connectivity index (χ3v) is 4.02. The Balaban J connectivity index is 0. The molecule has 2 rings (SSSR count). The molecule has 2 saturated carbocycles. The minimum atomic E-state index is -10.7. The van der Waals surface area contributed by atoms with Gasteiger partial charge in [-0.3, -0.25) is 0 Å². The molecule has 0 aromatic rings. The van der Waals surface area contributed by atoms with Crippen molar-refractivity contribution < 1.29 is 44.7 Å². The molecule has 0 aromatic heterocycles. The first-order valence-corrected chi connectivity index (χ1v) is 9.93.